The summed E-state index contributed by atoms with van der Waals surface area (Å²) >= 11 is 0. The largest absolute Gasteiger partial charge is 0.457 e. The van der Waals surface area contributed by atoms with Crippen LogP contribution in [0.4, 0.5) is 28.9 Å². The number of nitrogens with one attached hydrogen (secondary N) is 2. The Morgan fingerprint density at radius 1 is 0.604 bits per heavy atom. The predicted octanol–water partition coefficient (Wildman–Crippen LogP) is 5.32. The Bertz CT molecular complexity index is 2590. The van der Waals surface area contributed by atoms with Crippen LogP contribution in [-0.2, 0) is 46.6 Å². The van der Waals surface area contributed by atoms with Crippen LogP contribution in [0.5, 0.6) is 11.5 Å². The van der Waals surface area contributed by atoms with E-state index in [9.17, 15) is 35.2 Å². The lowest BCUT2D eigenvalue weighted by Gasteiger charge is -2.13. The molecule has 0 atom stereocenters. The van der Waals surface area contributed by atoms with E-state index in [1.807, 2.05) is 9.44 Å². The number of anilines is 2. The first kappa shape index (κ1) is 37.0. The Morgan fingerprint density at radius 2 is 1.00 bits per heavy atom. The molecular formula is C34H26F4N4O9S2. The number of fused-ring (bicyclic) bond motifs is 2. The number of ether oxygens (including phenoxy) is 1. The summed E-state index contributed by atoms with van der Waals surface area (Å²) in [7, 11) is -8.62. The minimum absolute atomic E-state index is 0.0822. The second kappa shape index (κ2) is 14.3. The minimum Gasteiger partial charge on any atom is -0.457 e. The lowest BCUT2D eigenvalue weighted by molar-refractivity contribution is 0.468. The number of hydrogen-bond acceptors (Lipinski definition) is 9. The van der Waals surface area contributed by atoms with Crippen LogP contribution in [-0.4, -0.2) is 16.8 Å². The van der Waals surface area contributed by atoms with Crippen LogP contribution >= 0.6 is 0 Å². The molecule has 13 nitrogen and oxygen atoms in total. The van der Waals surface area contributed by atoms with E-state index in [0.717, 1.165) is 12.1 Å². The smallest absolute Gasteiger partial charge is 0.340 e. The van der Waals surface area contributed by atoms with Crippen LogP contribution < -0.4 is 35.7 Å². The van der Waals surface area contributed by atoms with Gasteiger partial charge in [0.15, 0.2) is 11.6 Å². The van der Waals surface area contributed by atoms with Crippen molar-refractivity contribution in [2.45, 2.75) is 26.2 Å². The Labute approximate surface area is 297 Å². The SMILES string of the molecule is NS(=O)(=O)Nc1cccc(Cc2c(CF)c3ccc(Oc4ccc5c(CF)c(Cc6cccc(NS(N)(=O)=O)c6F)c(=O)oc5c4)cc3oc2=O)c1F. The Morgan fingerprint density at radius 3 is 1.36 bits per heavy atom. The molecule has 19 heteroatoms. The number of rotatable bonds is 12. The lowest BCUT2D eigenvalue weighted by atomic mass is 9.98. The van der Waals surface area contributed by atoms with Crippen molar-refractivity contribution in [2.24, 2.45) is 10.3 Å². The van der Waals surface area contributed by atoms with Gasteiger partial charge in [-0.15, -0.1) is 0 Å². The van der Waals surface area contributed by atoms with Crippen molar-refractivity contribution in [3.63, 3.8) is 0 Å². The molecule has 0 bridgehead atoms. The molecule has 0 saturated heterocycles. The van der Waals surface area contributed by atoms with Crippen molar-refractivity contribution >= 4 is 53.7 Å². The van der Waals surface area contributed by atoms with E-state index >= 15 is 8.78 Å². The summed E-state index contributed by atoms with van der Waals surface area (Å²) < 4.78 is 125. The van der Waals surface area contributed by atoms with Crippen LogP contribution in [0.25, 0.3) is 21.9 Å². The van der Waals surface area contributed by atoms with Gasteiger partial charge in [0.05, 0.1) is 11.4 Å². The molecule has 53 heavy (non-hydrogen) atoms. The first-order valence-electron chi connectivity index (χ1n) is 15.2. The standard InChI is InChI=1S/C34H26F4N4O9S2/c35-15-25-21-9-7-19(13-29(21)50-33(43)23(25)11-17-3-1-5-27(31(17)37)41-52(39,45)46)49-20-8-10-22-26(16-36)24(34(44)51-30(22)14-20)12-18-4-2-6-28(32(18)38)42-53(40,47)48/h1-10,13-14,41-42H,11-12,15-16H2,(H2,39,45,46)(H2,40,47,48). The van der Waals surface area contributed by atoms with Crippen molar-refractivity contribution in [1.29, 1.82) is 0 Å². The van der Waals surface area contributed by atoms with Gasteiger partial charge in [0.25, 0.3) is 20.4 Å². The quantitative estimate of drug-likeness (QED) is 0.0934. The zero-order valence-corrected chi connectivity index (χ0v) is 28.5. The van der Waals surface area contributed by atoms with Crippen LogP contribution in [0.1, 0.15) is 33.4 Å². The summed E-state index contributed by atoms with van der Waals surface area (Å²) in [5.74, 6) is -1.85. The number of alkyl halides is 2. The van der Waals surface area contributed by atoms with Crippen LogP contribution in [0.15, 0.2) is 91.2 Å². The van der Waals surface area contributed by atoms with Gasteiger partial charge >= 0.3 is 11.3 Å². The van der Waals surface area contributed by atoms with Gasteiger partial charge in [0, 0.05) is 58.0 Å². The summed E-state index contributed by atoms with van der Waals surface area (Å²) in [4.78, 5) is 26.1. The molecule has 0 unspecified atom stereocenters. The van der Waals surface area contributed by atoms with Gasteiger partial charge in [-0.1, -0.05) is 24.3 Å². The molecule has 0 aliphatic heterocycles. The van der Waals surface area contributed by atoms with E-state index in [2.05, 4.69) is 0 Å². The molecule has 6 rings (SSSR count). The van der Waals surface area contributed by atoms with Gasteiger partial charge in [-0.25, -0.2) is 37.4 Å². The van der Waals surface area contributed by atoms with Gasteiger partial charge in [-0.2, -0.15) is 16.8 Å². The van der Waals surface area contributed by atoms with Gasteiger partial charge in [-0.05, 0) is 47.5 Å². The molecule has 6 aromatic rings. The second-order valence-corrected chi connectivity index (χ2v) is 14.2. The highest BCUT2D eigenvalue weighted by atomic mass is 32.2. The van der Waals surface area contributed by atoms with E-state index in [1.165, 1.54) is 60.7 Å². The highest BCUT2D eigenvalue weighted by Gasteiger charge is 2.21. The summed E-state index contributed by atoms with van der Waals surface area (Å²) in [6.07, 6.45) is -0.881. The zero-order valence-electron chi connectivity index (χ0n) is 26.9. The molecule has 2 heterocycles. The van der Waals surface area contributed by atoms with Crippen LogP contribution in [0.2, 0.25) is 0 Å². The highest BCUT2D eigenvalue weighted by Crippen LogP contribution is 2.33. The molecule has 0 aliphatic rings. The third-order valence-electron chi connectivity index (χ3n) is 8.08. The molecule has 4 aromatic carbocycles. The third-order valence-corrected chi connectivity index (χ3v) is 9.09. The number of hydrogen-bond donors (Lipinski definition) is 4. The number of nitrogens with two attached hydrogens (primary N) is 2. The van der Waals surface area contributed by atoms with Crippen LogP contribution in [0, 0.1) is 11.6 Å². The minimum atomic E-state index is -4.31. The topological polar surface area (TPSA) is 214 Å². The molecule has 0 spiro atoms. The molecule has 276 valence electrons. The molecule has 0 aliphatic carbocycles. The fraction of sp³-hybridized carbons (Fsp3) is 0.118. The molecule has 6 N–H and O–H groups in total. The van der Waals surface area contributed by atoms with Gasteiger partial charge < -0.3 is 13.6 Å². The molecule has 0 amide bonds. The summed E-state index contributed by atoms with van der Waals surface area (Å²) in [6, 6.07) is 15.7. The molecule has 0 saturated carbocycles. The molecule has 0 radical (unpaired) electrons. The average Bonchev–Trinajstić information content (AvgIpc) is 3.07. The monoisotopic (exact) mass is 774 g/mol. The summed E-state index contributed by atoms with van der Waals surface area (Å²) in [5.41, 5.74) is -3.94. The van der Waals surface area contributed by atoms with Crippen molar-refractivity contribution in [1.82, 2.24) is 0 Å². The Kier molecular flexibility index (Phi) is 10.0. The third kappa shape index (κ3) is 8.02. The fourth-order valence-corrected chi connectivity index (χ4v) is 6.70. The van der Waals surface area contributed by atoms with Crippen molar-refractivity contribution in [3.05, 3.63) is 139 Å². The Hall–Kier alpha value is -5.76. The zero-order chi connectivity index (χ0) is 38.2. The summed E-state index contributed by atoms with van der Waals surface area (Å²) in [6.45, 7) is -2.27. The second-order valence-electron chi connectivity index (χ2n) is 11.6. The maximum absolute atomic E-state index is 15.1. The Balaban J connectivity index is 1.29. The van der Waals surface area contributed by atoms with Gasteiger partial charge in [-0.3, -0.25) is 9.44 Å². The van der Waals surface area contributed by atoms with E-state index < -0.39 is 80.9 Å². The number of benzene rings is 4. The van der Waals surface area contributed by atoms with Crippen LogP contribution in [0.3, 0.4) is 0 Å². The normalized spacial score (nSPS) is 12.0. The van der Waals surface area contributed by atoms with E-state index in [-0.39, 0.29) is 66.8 Å². The first-order chi connectivity index (χ1) is 25.0. The van der Waals surface area contributed by atoms with E-state index in [0.29, 0.717) is 0 Å². The van der Waals surface area contributed by atoms with Gasteiger partial charge in [0.1, 0.15) is 36.0 Å². The maximum Gasteiger partial charge on any atom is 0.340 e. The maximum atomic E-state index is 15.1. The lowest BCUT2D eigenvalue weighted by Crippen LogP contribution is -2.22. The molecular weight excluding hydrogens is 749 g/mol. The average molecular weight is 775 g/mol. The highest BCUT2D eigenvalue weighted by molar-refractivity contribution is 7.90. The van der Waals surface area contributed by atoms with Crippen molar-refractivity contribution in [3.8, 4) is 11.5 Å². The number of halogens is 4. The van der Waals surface area contributed by atoms with E-state index in [1.54, 1.807) is 0 Å². The molecule has 0 fully saturated rings. The molecule has 2 aromatic heterocycles. The van der Waals surface area contributed by atoms with Crippen molar-refractivity contribution in [2.75, 3.05) is 9.44 Å². The summed E-state index contributed by atoms with van der Waals surface area (Å²) in [5, 5.41) is 10.2. The fourth-order valence-electron chi connectivity index (χ4n) is 5.77. The predicted molar refractivity (Wildman–Crippen MR) is 187 cm³/mol. The van der Waals surface area contributed by atoms with E-state index in [4.69, 9.17) is 23.8 Å². The first-order valence-corrected chi connectivity index (χ1v) is 18.3. The van der Waals surface area contributed by atoms with Crippen molar-refractivity contribution < 1.29 is 48.0 Å². The van der Waals surface area contributed by atoms with Gasteiger partial charge in [0.2, 0.25) is 0 Å².